The van der Waals surface area contributed by atoms with Gasteiger partial charge in [0.05, 0.1) is 49.2 Å². The summed E-state index contributed by atoms with van der Waals surface area (Å²) in [5.41, 5.74) is 4.62. The van der Waals surface area contributed by atoms with Crippen LogP contribution in [0.4, 0.5) is 9.59 Å². The van der Waals surface area contributed by atoms with Crippen LogP contribution in [0.3, 0.4) is 0 Å². The number of nitrogens with zero attached hydrogens (tertiary/aromatic N) is 4. The lowest BCUT2D eigenvalue weighted by Gasteiger charge is -2.30. The van der Waals surface area contributed by atoms with Crippen molar-refractivity contribution in [3.05, 3.63) is 60.3 Å². The number of benzene rings is 2. The average Bonchev–Trinajstić information content (AvgIpc) is 4.03. The highest BCUT2D eigenvalue weighted by atomic mass is 32.1. The molecule has 57 heavy (non-hydrogen) atoms. The molecular weight excluding hydrogens is 745 g/mol. The van der Waals surface area contributed by atoms with E-state index in [0.29, 0.717) is 13.1 Å². The fourth-order valence-electron chi connectivity index (χ4n) is 8.20. The number of alkyl carbamates (subject to hydrolysis) is 2. The molecule has 0 aliphatic carbocycles. The number of rotatable bonds is 10. The molecule has 6 atom stereocenters. The molecule has 0 radical (unpaired) electrons. The van der Waals surface area contributed by atoms with Crippen molar-refractivity contribution < 1.29 is 28.7 Å². The molecule has 7 rings (SSSR count). The highest BCUT2D eigenvalue weighted by molar-refractivity contribution is 7.22. The number of H-pyrrole nitrogens is 2. The van der Waals surface area contributed by atoms with Gasteiger partial charge < -0.3 is 39.9 Å². The van der Waals surface area contributed by atoms with E-state index in [1.165, 1.54) is 14.2 Å². The lowest BCUT2D eigenvalue weighted by molar-refractivity contribution is -0.136. The molecule has 0 bridgehead atoms. The van der Waals surface area contributed by atoms with E-state index in [0.717, 1.165) is 67.3 Å². The van der Waals surface area contributed by atoms with Crippen molar-refractivity contribution >= 4 is 56.5 Å². The van der Waals surface area contributed by atoms with Crippen molar-refractivity contribution in [1.82, 2.24) is 40.4 Å². The molecule has 0 unspecified atom stereocenters. The van der Waals surface area contributed by atoms with Crippen LogP contribution in [-0.2, 0) is 19.1 Å². The molecule has 3 aromatic heterocycles. The van der Waals surface area contributed by atoms with Crippen molar-refractivity contribution in [2.75, 3.05) is 27.3 Å². The Morgan fingerprint density at radius 1 is 0.772 bits per heavy atom. The van der Waals surface area contributed by atoms with Crippen LogP contribution in [0.15, 0.2) is 48.7 Å². The number of ether oxygens (including phenoxy) is 2. The zero-order valence-electron chi connectivity index (χ0n) is 33.7. The van der Waals surface area contributed by atoms with E-state index in [1.807, 2.05) is 49.8 Å². The van der Waals surface area contributed by atoms with Crippen molar-refractivity contribution in [3.63, 3.8) is 0 Å². The molecule has 2 aliphatic rings. The minimum atomic E-state index is -0.706. The van der Waals surface area contributed by atoms with Crippen LogP contribution in [0.2, 0.25) is 0 Å². The Kier molecular flexibility index (Phi) is 11.3. The summed E-state index contributed by atoms with van der Waals surface area (Å²) in [5, 5.41) is 6.54. The smallest absolute Gasteiger partial charge is 0.407 e. The molecular formula is C42H52N8O6S. The van der Waals surface area contributed by atoms with Gasteiger partial charge in [0.1, 0.15) is 23.7 Å². The second-order valence-electron chi connectivity index (χ2n) is 16.3. The maximum absolute atomic E-state index is 13.8. The number of nitrogens with one attached hydrogen (secondary N) is 4. The number of carbonyl (C=O) groups is 4. The molecule has 14 nitrogen and oxygen atoms in total. The minimum absolute atomic E-state index is 0.118. The van der Waals surface area contributed by atoms with Crippen LogP contribution in [0, 0.1) is 23.7 Å². The molecule has 302 valence electrons. The van der Waals surface area contributed by atoms with Crippen molar-refractivity contribution in [1.29, 1.82) is 0 Å². The largest absolute Gasteiger partial charge is 0.453 e. The fraction of sp³-hybridized carbons (Fsp3) is 0.476. The van der Waals surface area contributed by atoms with Gasteiger partial charge in [-0.25, -0.2) is 19.6 Å². The van der Waals surface area contributed by atoms with Gasteiger partial charge in [-0.3, -0.25) is 9.59 Å². The number of thiophene rings is 1. The third kappa shape index (κ3) is 8.07. The molecule has 0 spiro atoms. The predicted octanol–water partition coefficient (Wildman–Crippen LogP) is 7.41. The minimum Gasteiger partial charge on any atom is -0.453 e. The Balaban J connectivity index is 1.10. The van der Waals surface area contributed by atoms with Crippen LogP contribution in [0.25, 0.3) is 42.8 Å². The number of imidazole rings is 2. The van der Waals surface area contributed by atoms with E-state index >= 15 is 0 Å². The van der Waals surface area contributed by atoms with E-state index in [-0.39, 0.29) is 47.6 Å². The summed E-state index contributed by atoms with van der Waals surface area (Å²) in [6.07, 6.45) is 2.10. The van der Waals surface area contributed by atoms with E-state index in [2.05, 4.69) is 70.8 Å². The van der Waals surface area contributed by atoms with Crippen LogP contribution >= 0.6 is 11.3 Å². The molecule has 2 saturated heterocycles. The number of likely N-dealkylation sites (tertiary alicyclic amines) is 2. The summed E-state index contributed by atoms with van der Waals surface area (Å²) < 4.78 is 10.7. The Morgan fingerprint density at radius 2 is 1.35 bits per heavy atom. The van der Waals surface area contributed by atoms with E-state index < -0.39 is 24.3 Å². The highest BCUT2D eigenvalue weighted by Gasteiger charge is 2.41. The Labute approximate surface area is 336 Å². The fourth-order valence-corrected chi connectivity index (χ4v) is 9.24. The maximum atomic E-state index is 13.8. The Bertz CT molecular complexity index is 2300. The van der Waals surface area contributed by atoms with Crippen LogP contribution in [0.5, 0.6) is 0 Å². The number of fused-ring (bicyclic) bond motifs is 2. The number of hydrogen-bond acceptors (Lipinski definition) is 9. The first-order valence-electron chi connectivity index (χ1n) is 19.6. The molecule has 2 aromatic carbocycles. The predicted molar refractivity (Wildman–Crippen MR) is 219 cm³/mol. The van der Waals surface area contributed by atoms with Gasteiger partial charge in [0, 0.05) is 28.2 Å². The zero-order chi connectivity index (χ0) is 40.7. The van der Waals surface area contributed by atoms with Gasteiger partial charge in [0.25, 0.3) is 0 Å². The van der Waals surface area contributed by atoms with E-state index in [4.69, 9.17) is 19.4 Å². The number of aromatic amines is 2. The first-order chi connectivity index (χ1) is 27.2. The first-order valence-corrected chi connectivity index (χ1v) is 20.4. The van der Waals surface area contributed by atoms with E-state index in [1.54, 1.807) is 11.3 Å². The average molecular weight is 797 g/mol. The molecule has 2 aliphatic heterocycles. The summed E-state index contributed by atoms with van der Waals surface area (Å²) in [4.78, 5) is 73.2. The Hall–Kier alpha value is -5.44. The SMILES string of the molecule is COC(=O)N[C@H](C(=O)N1C[C@@H](C)C[C@H]1c1ncc(-c2ccc3sc(-c4ccc5nc([C@@H]6C[C@H](C)CN6C(=O)[C@@H](NC(=O)OC)C(C)C)[nH]c5c4)cc3c2)[nH]1)C(C)C. The quantitative estimate of drug-likeness (QED) is 0.113. The third-order valence-corrected chi connectivity index (χ3v) is 12.4. The summed E-state index contributed by atoms with van der Waals surface area (Å²) in [6.45, 7) is 13.0. The third-order valence-electron chi connectivity index (χ3n) is 11.2. The normalized spacial score (nSPS) is 20.7. The van der Waals surface area contributed by atoms with Gasteiger partial charge in [-0.1, -0.05) is 53.7 Å². The number of amides is 4. The highest BCUT2D eigenvalue weighted by Crippen LogP contribution is 2.40. The number of carbonyl (C=O) groups excluding carboxylic acids is 4. The van der Waals surface area contributed by atoms with Gasteiger partial charge in [-0.05, 0) is 77.8 Å². The molecule has 5 aromatic rings. The Morgan fingerprint density at radius 3 is 1.93 bits per heavy atom. The molecule has 15 heteroatoms. The summed E-state index contributed by atoms with van der Waals surface area (Å²) in [7, 11) is 2.59. The molecule has 5 heterocycles. The zero-order valence-corrected chi connectivity index (χ0v) is 34.5. The van der Waals surface area contributed by atoms with Crippen LogP contribution < -0.4 is 10.6 Å². The second kappa shape index (κ2) is 16.2. The lowest BCUT2D eigenvalue weighted by Crippen LogP contribution is -2.51. The van der Waals surface area contributed by atoms with Crippen molar-refractivity contribution in [2.24, 2.45) is 23.7 Å². The van der Waals surface area contributed by atoms with Gasteiger partial charge >= 0.3 is 12.2 Å². The summed E-state index contributed by atoms with van der Waals surface area (Å²) >= 11 is 1.71. The number of methoxy groups -OCH3 is 2. The molecule has 4 amide bonds. The number of hydrogen-bond donors (Lipinski definition) is 4. The van der Waals surface area contributed by atoms with Gasteiger partial charge in [0.15, 0.2) is 0 Å². The summed E-state index contributed by atoms with van der Waals surface area (Å²) in [5.74, 6) is 1.48. The maximum Gasteiger partial charge on any atom is 0.407 e. The monoisotopic (exact) mass is 796 g/mol. The van der Waals surface area contributed by atoms with Gasteiger partial charge in [-0.15, -0.1) is 11.3 Å². The molecule has 0 saturated carbocycles. The molecule has 4 N–H and O–H groups in total. The van der Waals surface area contributed by atoms with E-state index in [9.17, 15) is 19.2 Å². The summed E-state index contributed by atoms with van der Waals surface area (Å²) in [6, 6.07) is 12.9. The lowest BCUT2D eigenvalue weighted by atomic mass is 10.0. The second-order valence-corrected chi connectivity index (χ2v) is 17.4. The van der Waals surface area contributed by atoms with Crippen molar-refractivity contribution in [3.8, 4) is 21.7 Å². The van der Waals surface area contributed by atoms with Crippen LogP contribution in [-0.4, -0.2) is 93.1 Å². The van der Waals surface area contributed by atoms with Gasteiger partial charge in [0.2, 0.25) is 11.8 Å². The standard InChI is InChI=1S/C42H52N8O6S/c1-21(2)35(47-41(53)55-7)39(51)49-19-23(5)13-31(49)37-43-18-30(46-37)25-10-12-33-27(15-25)17-34(57-33)26-9-11-28-29(16-26)45-38(44-28)32-14-24(6)20-50(32)40(52)36(22(3)4)48-42(54)56-8/h9-12,15-18,21-24,31-32,35-36H,13-14,19-20H2,1-8H3,(H,43,46)(H,44,45)(H,47,53)(H,48,54)/t23-,24-,31-,32-,35-,36-/m0/s1. The van der Waals surface area contributed by atoms with Crippen LogP contribution in [0.1, 0.15) is 78.1 Å². The van der Waals surface area contributed by atoms with Crippen molar-refractivity contribution in [2.45, 2.75) is 78.6 Å². The topological polar surface area (TPSA) is 175 Å². The first kappa shape index (κ1) is 39.8. The molecule has 2 fully saturated rings. The number of aromatic nitrogens is 4. The van der Waals surface area contributed by atoms with Gasteiger partial charge in [-0.2, -0.15) is 0 Å².